The SMILES string of the molecule is CC1(C)OB(c2ccccc2CNC(=O)c2cnccn2)OC1(C)C. The molecule has 3 rings (SSSR count). The fourth-order valence-corrected chi connectivity index (χ4v) is 2.58. The van der Waals surface area contributed by atoms with Crippen molar-refractivity contribution in [2.75, 3.05) is 0 Å². The van der Waals surface area contributed by atoms with Crippen molar-refractivity contribution in [3.63, 3.8) is 0 Å². The van der Waals surface area contributed by atoms with Gasteiger partial charge in [0.25, 0.3) is 5.91 Å². The van der Waals surface area contributed by atoms with Crippen molar-refractivity contribution in [2.24, 2.45) is 0 Å². The van der Waals surface area contributed by atoms with Crippen LogP contribution in [0.3, 0.4) is 0 Å². The second-order valence-electron chi connectivity index (χ2n) is 7.06. The van der Waals surface area contributed by atoms with E-state index in [1.54, 1.807) is 0 Å². The van der Waals surface area contributed by atoms with Gasteiger partial charge in [-0.05, 0) is 38.7 Å². The maximum absolute atomic E-state index is 12.2. The molecule has 0 radical (unpaired) electrons. The van der Waals surface area contributed by atoms with E-state index >= 15 is 0 Å². The standard InChI is InChI=1S/C18H22BN3O3/c1-17(2)18(3,4)25-19(24-17)14-8-6-5-7-13(14)11-22-16(23)15-12-20-9-10-21-15/h5-10,12H,11H2,1-4H3,(H,22,23). The fraction of sp³-hybridized carbons (Fsp3) is 0.389. The lowest BCUT2D eigenvalue weighted by Crippen LogP contribution is -2.41. The van der Waals surface area contributed by atoms with Crippen LogP contribution < -0.4 is 10.8 Å². The average molecular weight is 339 g/mol. The molecular formula is C18H22BN3O3. The molecule has 1 fully saturated rings. The van der Waals surface area contributed by atoms with Crippen LogP contribution in [-0.4, -0.2) is 34.2 Å². The van der Waals surface area contributed by atoms with Gasteiger partial charge < -0.3 is 14.6 Å². The van der Waals surface area contributed by atoms with Gasteiger partial charge in [-0.15, -0.1) is 0 Å². The zero-order chi connectivity index (χ0) is 18.1. The van der Waals surface area contributed by atoms with Gasteiger partial charge in [0.2, 0.25) is 0 Å². The van der Waals surface area contributed by atoms with Gasteiger partial charge in [-0.25, -0.2) is 4.98 Å². The molecule has 1 aromatic carbocycles. The molecule has 0 spiro atoms. The average Bonchev–Trinajstić information content (AvgIpc) is 2.81. The first-order chi connectivity index (χ1) is 11.8. The molecule has 1 N–H and O–H groups in total. The van der Waals surface area contributed by atoms with Crippen LogP contribution in [0.4, 0.5) is 0 Å². The number of hydrogen-bond donors (Lipinski definition) is 1. The van der Waals surface area contributed by atoms with Crippen LogP contribution in [0.15, 0.2) is 42.9 Å². The number of amides is 1. The zero-order valence-electron chi connectivity index (χ0n) is 14.9. The number of carbonyl (C=O) groups excluding carboxylic acids is 1. The Labute approximate surface area is 148 Å². The molecule has 1 aliphatic rings. The Morgan fingerprint density at radius 2 is 1.80 bits per heavy atom. The summed E-state index contributed by atoms with van der Waals surface area (Å²) in [4.78, 5) is 20.1. The van der Waals surface area contributed by atoms with Gasteiger partial charge in [-0.1, -0.05) is 24.3 Å². The van der Waals surface area contributed by atoms with Gasteiger partial charge in [0.15, 0.2) is 0 Å². The first-order valence-corrected chi connectivity index (χ1v) is 8.28. The van der Waals surface area contributed by atoms with Gasteiger partial charge in [-0.3, -0.25) is 9.78 Å². The Hall–Kier alpha value is -2.25. The molecule has 2 heterocycles. The molecule has 0 unspecified atom stereocenters. The van der Waals surface area contributed by atoms with Crippen LogP contribution in [0.1, 0.15) is 43.7 Å². The van der Waals surface area contributed by atoms with Crippen LogP contribution in [0, 0.1) is 0 Å². The van der Waals surface area contributed by atoms with Crippen molar-refractivity contribution >= 4 is 18.5 Å². The topological polar surface area (TPSA) is 73.3 Å². The maximum atomic E-state index is 12.2. The highest BCUT2D eigenvalue weighted by Gasteiger charge is 2.52. The summed E-state index contributed by atoms with van der Waals surface area (Å²) in [6, 6.07) is 7.79. The van der Waals surface area contributed by atoms with E-state index in [4.69, 9.17) is 9.31 Å². The predicted molar refractivity (Wildman–Crippen MR) is 95.4 cm³/mol. The second-order valence-corrected chi connectivity index (χ2v) is 7.06. The number of aromatic nitrogens is 2. The number of carbonyl (C=O) groups is 1. The lowest BCUT2D eigenvalue weighted by molar-refractivity contribution is 0.00578. The van der Waals surface area contributed by atoms with E-state index in [2.05, 4.69) is 15.3 Å². The summed E-state index contributed by atoms with van der Waals surface area (Å²) < 4.78 is 12.2. The number of nitrogens with one attached hydrogen (secondary N) is 1. The van der Waals surface area contributed by atoms with Crippen LogP contribution in [0.2, 0.25) is 0 Å². The molecule has 2 aromatic rings. The third kappa shape index (κ3) is 3.57. The molecule has 1 aromatic heterocycles. The lowest BCUT2D eigenvalue weighted by atomic mass is 9.76. The van der Waals surface area contributed by atoms with Gasteiger partial charge in [0, 0.05) is 18.9 Å². The first-order valence-electron chi connectivity index (χ1n) is 8.28. The molecule has 25 heavy (non-hydrogen) atoms. The lowest BCUT2D eigenvalue weighted by Gasteiger charge is -2.32. The molecule has 7 heteroatoms. The van der Waals surface area contributed by atoms with Crippen molar-refractivity contribution in [3.8, 4) is 0 Å². The minimum atomic E-state index is -0.463. The van der Waals surface area contributed by atoms with E-state index in [1.165, 1.54) is 18.6 Å². The quantitative estimate of drug-likeness (QED) is 0.859. The maximum Gasteiger partial charge on any atom is 0.495 e. The molecule has 0 aliphatic carbocycles. The fourth-order valence-electron chi connectivity index (χ4n) is 2.58. The monoisotopic (exact) mass is 339 g/mol. The van der Waals surface area contributed by atoms with E-state index in [9.17, 15) is 4.79 Å². The Kier molecular flexibility index (Phi) is 4.62. The molecule has 1 aliphatic heterocycles. The normalized spacial score (nSPS) is 18.2. The summed E-state index contributed by atoms with van der Waals surface area (Å²) in [5.41, 5.74) is 1.33. The van der Waals surface area contributed by atoms with Gasteiger partial charge in [0.1, 0.15) is 5.69 Å². The summed E-state index contributed by atoms with van der Waals surface area (Å²) in [7, 11) is -0.463. The van der Waals surface area contributed by atoms with E-state index in [0.717, 1.165) is 11.0 Å². The van der Waals surface area contributed by atoms with Crippen molar-refractivity contribution in [1.82, 2.24) is 15.3 Å². The highest BCUT2D eigenvalue weighted by molar-refractivity contribution is 6.62. The van der Waals surface area contributed by atoms with Gasteiger partial charge in [-0.2, -0.15) is 0 Å². The summed E-state index contributed by atoms with van der Waals surface area (Å²) >= 11 is 0. The Morgan fingerprint density at radius 1 is 1.12 bits per heavy atom. The smallest absolute Gasteiger partial charge is 0.399 e. The largest absolute Gasteiger partial charge is 0.495 e. The minimum Gasteiger partial charge on any atom is -0.399 e. The highest BCUT2D eigenvalue weighted by atomic mass is 16.7. The summed E-state index contributed by atoms with van der Waals surface area (Å²) in [6.07, 6.45) is 4.47. The van der Waals surface area contributed by atoms with Gasteiger partial charge >= 0.3 is 7.12 Å². The van der Waals surface area contributed by atoms with Gasteiger partial charge in [0.05, 0.1) is 17.4 Å². The molecule has 130 valence electrons. The second kappa shape index (κ2) is 6.57. The molecule has 0 saturated carbocycles. The molecule has 0 bridgehead atoms. The Bertz CT molecular complexity index is 749. The van der Waals surface area contributed by atoms with Crippen LogP contribution >= 0.6 is 0 Å². The third-order valence-corrected chi connectivity index (χ3v) is 4.80. The zero-order valence-corrected chi connectivity index (χ0v) is 14.9. The van der Waals surface area contributed by atoms with Crippen LogP contribution in [-0.2, 0) is 15.9 Å². The number of hydrogen-bond acceptors (Lipinski definition) is 5. The van der Waals surface area contributed by atoms with E-state index in [1.807, 2.05) is 52.0 Å². The minimum absolute atomic E-state index is 0.267. The summed E-state index contributed by atoms with van der Waals surface area (Å²) in [5.74, 6) is -0.267. The van der Waals surface area contributed by atoms with Crippen LogP contribution in [0.5, 0.6) is 0 Å². The third-order valence-electron chi connectivity index (χ3n) is 4.80. The van der Waals surface area contributed by atoms with E-state index < -0.39 is 18.3 Å². The molecule has 1 saturated heterocycles. The van der Waals surface area contributed by atoms with E-state index in [-0.39, 0.29) is 11.6 Å². The summed E-state index contributed by atoms with van der Waals surface area (Å²) in [6.45, 7) is 8.43. The molecular weight excluding hydrogens is 317 g/mol. The number of benzene rings is 1. The number of nitrogens with zero attached hydrogens (tertiary/aromatic N) is 2. The first kappa shape index (κ1) is 17.6. The predicted octanol–water partition coefficient (Wildman–Crippen LogP) is 1.71. The van der Waals surface area contributed by atoms with Crippen LogP contribution in [0.25, 0.3) is 0 Å². The Morgan fingerprint density at radius 3 is 2.44 bits per heavy atom. The highest BCUT2D eigenvalue weighted by Crippen LogP contribution is 2.36. The van der Waals surface area contributed by atoms with Crippen molar-refractivity contribution < 1.29 is 14.1 Å². The van der Waals surface area contributed by atoms with Crippen molar-refractivity contribution in [3.05, 3.63) is 54.1 Å². The molecule has 1 amide bonds. The summed E-state index contributed by atoms with van der Waals surface area (Å²) in [5, 5.41) is 2.87. The molecule has 6 nitrogen and oxygen atoms in total. The van der Waals surface area contributed by atoms with Crippen molar-refractivity contribution in [2.45, 2.75) is 45.4 Å². The number of rotatable bonds is 4. The van der Waals surface area contributed by atoms with E-state index in [0.29, 0.717) is 6.54 Å². The molecule has 0 atom stereocenters. The van der Waals surface area contributed by atoms with Crippen molar-refractivity contribution in [1.29, 1.82) is 0 Å². The Balaban J connectivity index is 1.75.